The molecule has 12 heterocycles. The summed E-state index contributed by atoms with van der Waals surface area (Å²) < 4.78 is 175. The van der Waals surface area contributed by atoms with E-state index < -0.39 is 135 Å². The Morgan fingerprint density at radius 1 is 0.379 bits per heavy atom. The predicted octanol–water partition coefficient (Wildman–Crippen LogP) is 12.4. The largest absolute Gasteiger partial charge is 0.476 e. The average molecular weight is 2130 g/mol. The van der Waals surface area contributed by atoms with Crippen LogP contribution in [0.5, 0.6) is 0 Å². The molecule has 11 N–H and O–H groups in total. The molecule has 0 radical (unpaired) electrons. The lowest BCUT2D eigenvalue weighted by molar-refractivity contribution is -0.118. The second kappa shape index (κ2) is 42.6. The molecule has 8 aliphatic heterocycles. The first-order valence-electron chi connectivity index (χ1n) is 43.8. The van der Waals surface area contributed by atoms with Gasteiger partial charge in [-0.15, -0.1) is 45.3 Å². The van der Waals surface area contributed by atoms with Crippen molar-refractivity contribution in [3.63, 3.8) is 0 Å². The van der Waals surface area contributed by atoms with E-state index in [1.54, 1.807) is 82.2 Å². The number of hydrogen-bond donors (Lipinski definition) is 11. The van der Waals surface area contributed by atoms with E-state index in [4.69, 9.17) is 9.47 Å². The molecule has 145 heavy (non-hydrogen) atoms. The third-order valence-corrected chi connectivity index (χ3v) is 34.0. The molecule has 51 heteroatoms. The zero-order valence-corrected chi connectivity index (χ0v) is 81.6. The molecule has 4 aromatic heterocycles. The van der Waals surface area contributed by atoms with Crippen molar-refractivity contribution in [3.8, 4) is 0 Å². The number of benzene rings is 8. The summed E-state index contributed by atoms with van der Waals surface area (Å²) in [4.78, 5) is 162. The Bertz CT molecular complexity index is 7670. The number of thiophene rings is 4. The van der Waals surface area contributed by atoms with E-state index in [0.717, 1.165) is 189 Å². The SMILES string of the molecule is O=C(Nc1ccc(N2C(=O)Cc3c(ccc4c3CCN4)C2=O)c(F)c1)NS(=O)(=O)c1cccs1.O=C(Nc1ccc(N2C(=O)Cc3cc(C4=NCCO4)ccc3C2=O)c(F)c1)NS(=O)(=O)c1cccs1.O=C(Nc1ccc(N2C(=O)Cc3cc(NCCCN4CCOCC4)ccc3C2=O)c(F)c1)NS(=O)(=O)c1cccs1.O=C(Nc1ccc(N2C(=O)Cc3cc4c(cc3C2=O)CCN4)c(F)c1)NS(=O)(=O)c1cccs1. The number of fused-ring (bicyclic) bond motifs is 7. The molecule has 0 bridgehead atoms. The van der Waals surface area contributed by atoms with Crippen molar-refractivity contribution in [2.75, 3.05) is 122 Å². The maximum Gasteiger partial charge on any atom is 0.333 e. The molecule has 0 unspecified atom stereocenters. The van der Waals surface area contributed by atoms with Gasteiger partial charge in [-0.05, 0) is 238 Å². The molecule has 20 rings (SSSR count). The maximum atomic E-state index is 15.1. The predicted molar refractivity (Wildman–Crippen MR) is 530 cm³/mol. The smallest absolute Gasteiger partial charge is 0.333 e. The quantitative estimate of drug-likeness (QED) is 0.0170. The van der Waals surface area contributed by atoms with Crippen LogP contribution in [0, 0.1) is 23.3 Å². The van der Waals surface area contributed by atoms with E-state index in [9.17, 15) is 104 Å². The van der Waals surface area contributed by atoms with E-state index in [1.165, 1.54) is 91.0 Å². The first-order valence-corrected chi connectivity index (χ1v) is 53.3. The van der Waals surface area contributed by atoms with Gasteiger partial charge in [-0.2, -0.15) is 0 Å². The van der Waals surface area contributed by atoms with Gasteiger partial charge in [0.15, 0.2) is 0 Å². The van der Waals surface area contributed by atoms with Crippen molar-refractivity contribution in [2.24, 2.45) is 4.99 Å². The standard InChI is InChI=1S/C27H28FN5O6S2.C23H17FN4O6S2.2C22H17FN4O5S2/c28-22-17-20(30-27(36)31-41(37,38)25-3-1-14-40-25)5-7-23(22)33-24(34)16-18-15-19(4-6-21(18)26(33)35)29-8-2-9-32-10-12-39-13-11-32;24-17-12-15(26-23(31)27-36(32,33)20-2-1-9-35-20)4-6-18(17)28-19(29)11-14-10-13(21-25-7-8-34-21)3-5-16(14)22(28)30;23-16-10-12(25-22(30)26-34(31,32)20-2-1-9-33-20)3-6-18(16)27-19(28)11-15-13-7-8-24-17(13)5-4-14(15)21(27)29;23-16-11-14(25-22(30)26-34(31,32)20-2-1-7-33-20)3-4-18(16)27-19(28)10-13-9-17-12(5-6-24-17)8-15(13)21(27)29/h1,3-7,14-15,17,29H,2,8-13,16H2,(H2,30,31,36);1-6,9-10,12H,7-8,11H2,(H2,26,27,31);1-6,9-10,24H,7-8,11H2,(H2,25,26,30);1-4,7-9,11,24H,5-6,10H2,(H2,25,26,30). The number of carbonyl (C=O) groups excluding carboxylic acids is 12. The van der Waals surface area contributed by atoms with Gasteiger partial charge in [0.2, 0.25) is 29.5 Å². The van der Waals surface area contributed by atoms with Crippen LogP contribution in [0.2, 0.25) is 0 Å². The van der Waals surface area contributed by atoms with Gasteiger partial charge < -0.3 is 46.7 Å². The lowest BCUT2D eigenvalue weighted by atomic mass is 9.91. The summed E-state index contributed by atoms with van der Waals surface area (Å²) in [7, 11) is -16.3. The number of imide groups is 4. The zero-order valence-electron chi connectivity index (χ0n) is 75.1. The minimum atomic E-state index is -4.07. The number of amides is 16. The van der Waals surface area contributed by atoms with E-state index in [2.05, 4.69) is 47.1 Å². The molecule has 0 atom stereocenters. The van der Waals surface area contributed by atoms with Gasteiger partial charge >= 0.3 is 24.1 Å². The number of halogens is 4. The van der Waals surface area contributed by atoms with Crippen LogP contribution in [-0.2, 0) is 107 Å². The third-order valence-electron chi connectivity index (χ3n) is 23.1. The Hall–Kier alpha value is -15.5. The number of aliphatic imine (C=N–C) groups is 1. The van der Waals surface area contributed by atoms with Crippen LogP contribution in [0.1, 0.15) is 86.8 Å². The van der Waals surface area contributed by atoms with Crippen LogP contribution in [0.3, 0.4) is 0 Å². The minimum Gasteiger partial charge on any atom is -0.476 e. The maximum absolute atomic E-state index is 15.1. The number of rotatable bonds is 22. The van der Waals surface area contributed by atoms with Gasteiger partial charge in [-0.25, -0.2) is 114 Å². The Morgan fingerprint density at radius 3 is 1.17 bits per heavy atom. The van der Waals surface area contributed by atoms with E-state index >= 15 is 4.39 Å². The summed E-state index contributed by atoms with van der Waals surface area (Å²) in [6.07, 6.45) is 2.07. The highest BCUT2D eigenvalue weighted by Crippen LogP contribution is 2.40. The van der Waals surface area contributed by atoms with Crippen LogP contribution in [0.15, 0.2) is 225 Å². The fourth-order valence-corrected chi connectivity index (χ4v) is 24.1. The number of morpholine rings is 1. The number of nitrogens with one attached hydrogen (secondary N) is 11. The fourth-order valence-electron chi connectivity index (χ4n) is 16.5. The van der Waals surface area contributed by atoms with E-state index in [1.807, 2.05) is 18.9 Å². The van der Waals surface area contributed by atoms with Crippen LogP contribution >= 0.6 is 45.3 Å². The molecule has 39 nitrogen and oxygen atoms in total. The van der Waals surface area contributed by atoms with Crippen LogP contribution < -0.4 is 75.7 Å². The van der Waals surface area contributed by atoms with Gasteiger partial charge in [-0.3, -0.25) is 43.3 Å². The minimum absolute atomic E-state index is 0.0334. The molecule has 16 amide bonds. The van der Waals surface area contributed by atoms with Crippen molar-refractivity contribution in [1.82, 2.24) is 23.8 Å². The lowest BCUT2D eigenvalue weighted by Crippen LogP contribution is -2.43. The molecular formula is C94H79F4N17O22S8. The highest BCUT2D eigenvalue weighted by Gasteiger charge is 2.41. The zero-order chi connectivity index (χ0) is 103. The monoisotopic (exact) mass is 2130 g/mol. The molecular weight excluding hydrogens is 2050 g/mol. The Morgan fingerprint density at radius 2 is 0.759 bits per heavy atom. The van der Waals surface area contributed by atoms with E-state index in [0.29, 0.717) is 70.0 Å². The fraction of sp³-hybridized carbons (Fsp3) is 0.181. The Kier molecular flexibility index (Phi) is 29.7. The van der Waals surface area contributed by atoms with Crippen LogP contribution in [0.4, 0.5) is 99.3 Å². The number of ether oxygens (including phenoxy) is 2. The summed E-state index contributed by atoms with van der Waals surface area (Å²) in [5.41, 5.74) is 7.35. The summed E-state index contributed by atoms with van der Waals surface area (Å²) in [5.74, 6) is -8.24. The molecule has 0 saturated carbocycles. The highest BCUT2D eigenvalue weighted by atomic mass is 32.3. The number of sulfonamides is 4. The molecule has 0 aliphatic carbocycles. The van der Waals surface area contributed by atoms with Crippen LogP contribution in [0.25, 0.3) is 0 Å². The number of urea groups is 4. The third kappa shape index (κ3) is 22.6. The van der Waals surface area contributed by atoms with E-state index in [-0.39, 0.29) is 93.6 Å². The van der Waals surface area contributed by atoms with Gasteiger partial charge in [-0.1, -0.05) is 24.3 Å². The summed E-state index contributed by atoms with van der Waals surface area (Å²) in [6.45, 7) is 7.51. The molecule has 8 aliphatic rings. The average Bonchev–Trinajstić information content (AvgIpc) is 1.74. The lowest BCUT2D eigenvalue weighted by Gasteiger charge is -2.28. The molecule has 12 aromatic rings. The van der Waals surface area contributed by atoms with Gasteiger partial charge in [0.05, 0.1) is 68.2 Å². The van der Waals surface area contributed by atoms with Crippen molar-refractivity contribution < 1.29 is 118 Å². The summed E-state index contributed by atoms with van der Waals surface area (Å²) >= 11 is 3.74. The number of nitrogens with zero attached hydrogens (tertiary/aromatic N) is 6. The highest BCUT2D eigenvalue weighted by molar-refractivity contribution is 7.93. The second-order valence-electron chi connectivity index (χ2n) is 32.6. The Labute approximate surface area is 838 Å². The van der Waals surface area contributed by atoms with Gasteiger partial charge in [0.25, 0.3) is 63.7 Å². The Balaban J connectivity index is 0.000000133. The molecule has 1 fully saturated rings. The summed E-state index contributed by atoms with van der Waals surface area (Å²) in [5, 5.41) is 24.9. The first kappa shape index (κ1) is 101. The molecule has 1 saturated heterocycles. The van der Waals surface area contributed by atoms with Crippen molar-refractivity contribution >= 4 is 225 Å². The molecule has 8 aromatic carbocycles. The van der Waals surface area contributed by atoms with Gasteiger partial charge in [0.1, 0.15) is 46.7 Å². The number of anilines is 11. The molecule has 0 spiro atoms. The number of hydrogen-bond acceptors (Lipinski definition) is 31. The van der Waals surface area contributed by atoms with Crippen molar-refractivity contribution in [3.05, 3.63) is 288 Å². The topological polar surface area (TPSA) is 521 Å². The summed E-state index contributed by atoms with van der Waals surface area (Å²) in [6, 6.07) is 37.4. The second-order valence-corrected chi connectivity index (χ2v) is 44.1. The van der Waals surface area contributed by atoms with Gasteiger partial charge in [0, 0.05) is 100 Å². The van der Waals surface area contributed by atoms with Crippen LogP contribution in [-0.4, -0.2) is 181 Å². The molecule has 748 valence electrons. The van der Waals surface area contributed by atoms with Crippen molar-refractivity contribution in [2.45, 2.75) is 61.8 Å². The first-order chi connectivity index (χ1) is 69.4. The number of carbonyl (C=O) groups is 12. The van der Waals surface area contributed by atoms with Crippen molar-refractivity contribution in [1.29, 1.82) is 0 Å². The normalized spacial score (nSPS) is 15.3.